The quantitative estimate of drug-likeness (QED) is 0.449. The lowest BCUT2D eigenvalue weighted by Crippen LogP contribution is -2.28. The fourth-order valence-electron chi connectivity index (χ4n) is 3.18. The average Bonchev–Trinajstić information content (AvgIpc) is 3.43. The molecule has 1 N–H and O–H groups in total. The molecular weight excluding hydrogens is 410 g/mol. The molecule has 2 heterocycles. The molecule has 1 amide bonds. The molecule has 0 aliphatic carbocycles. The van der Waals surface area contributed by atoms with Gasteiger partial charge in [-0.05, 0) is 50.6 Å². The lowest BCUT2D eigenvalue weighted by Gasteiger charge is -2.15. The predicted octanol–water partition coefficient (Wildman–Crippen LogP) is 3.43. The number of aromatic nitrogens is 6. The molecule has 2 aromatic heterocycles. The van der Waals surface area contributed by atoms with Gasteiger partial charge in [0.05, 0.1) is 17.5 Å². The number of carbonyl (C=O) groups excluding carboxylic acids is 1. The van der Waals surface area contributed by atoms with E-state index >= 15 is 0 Å². The molecule has 4 aromatic rings. The first kappa shape index (κ1) is 20.8. The number of hydrogen-bond acceptors (Lipinski definition) is 6. The van der Waals surface area contributed by atoms with Gasteiger partial charge >= 0.3 is 0 Å². The molecule has 158 valence electrons. The highest BCUT2D eigenvalue weighted by Gasteiger charge is 2.15. The largest absolute Gasteiger partial charge is 0.349 e. The normalized spacial score (nSPS) is 12.0. The van der Waals surface area contributed by atoms with Gasteiger partial charge in [-0.25, -0.2) is 9.67 Å². The molecule has 0 fully saturated rings. The van der Waals surface area contributed by atoms with E-state index < -0.39 is 0 Å². The number of nitrogens with one attached hydrogen (secondary N) is 1. The number of amides is 1. The molecule has 8 nitrogen and oxygen atoms in total. The van der Waals surface area contributed by atoms with Crippen LogP contribution >= 0.6 is 11.8 Å². The van der Waals surface area contributed by atoms with Gasteiger partial charge in [0.2, 0.25) is 5.91 Å². The Morgan fingerprint density at radius 2 is 1.74 bits per heavy atom. The van der Waals surface area contributed by atoms with Gasteiger partial charge in [0.1, 0.15) is 18.5 Å². The van der Waals surface area contributed by atoms with E-state index in [2.05, 4.69) is 25.6 Å². The number of nitrogens with zero attached hydrogens (tertiary/aromatic N) is 6. The Bertz CT molecular complexity index is 1150. The first-order valence-corrected chi connectivity index (χ1v) is 10.9. The molecule has 0 bridgehead atoms. The van der Waals surface area contributed by atoms with E-state index in [0.717, 1.165) is 22.8 Å². The summed E-state index contributed by atoms with van der Waals surface area (Å²) in [4.78, 5) is 16.5. The van der Waals surface area contributed by atoms with E-state index in [1.165, 1.54) is 23.7 Å². The molecule has 0 spiro atoms. The Morgan fingerprint density at radius 1 is 1.03 bits per heavy atom. The Hall–Kier alpha value is -3.46. The third-order valence-electron chi connectivity index (χ3n) is 4.87. The van der Waals surface area contributed by atoms with Gasteiger partial charge < -0.3 is 5.32 Å². The van der Waals surface area contributed by atoms with Crippen LogP contribution in [0.5, 0.6) is 0 Å². The standard InChI is InChI=1S/C22H23N7OS/c1-15-4-8-20(9-5-15)29-17(3)26-27-22(29)31-12-21(30)25-16(2)18-6-10-19(11-7-18)28-14-23-13-24-28/h4-11,13-14,16H,12H2,1-3H3,(H,25,30). The van der Waals surface area contributed by atoms with Crippen LogP contribution < -0.4 is 5.32 Å². The number of thioether (sulfide) groups is 1. The number of carbonyl (C=O) groups is 1. The van der Waals surface area contributed by atoms with Crippen LogP contribution in [0.1, 0.15) is 29.9 Å². The van der Waals surface area contributed by atoms with Gasteiger partial charge in [-0.3, -0.25) is 9.36 Å². The van der Waals surface area contributed by atoms with Crippen molar-refractivity contribution < 1.29 is 4.79 Å². The van der Waals surface area contributed by atoms with Crippen molar-refractivity contribution in [1.29, 1.82) is 0 Å². The van der Waals surface area contributed by atoms with Crippen LogP contribution in [0.2, 0.25) is 0 Å². The second-order valence-electron chi connectivity index (χ2n) is 7.21. The maximum absolute atomic E-state index is 12.5. The number of rotatable bonds is 7. The maximum Gasteiger partial charge on any atom is 0.230 e. The third kappa shape index (κ3) is 4.83. The van der Waals surface area contributed by atoms with Gasteiger partial charge in [0.15, 0.2) is 5.16 Å². The summed E-state index contributed by atoms with van der Waals surface area (Å²) in [6.07, 6.45) is 3.14. The lowest BCUT2D eigenvalue weighted by atomic mass is 10.1. The second kappa shape index (κ2) is 9.13. The van der Waals surface area contributed by atoms with Crippen LogP contribution in [0, 0.1) is 13.8 Å². The van der Waals surface area contributed by atoms with E-state index in [-0.39, 0.29) is 17.7 Å². The van der Waals surface area contributed by atoms with Crippen molar-refractivity contribution in [2.75, 3.05) is 5.75 Å². The van der Waals surface area contributed by atoms with Crippen LogP contribution in [0.3, 0.4) is 0 Å². The first-order chi connectivity index (χ1) is 15.0. The van der Waals surface area contributed by atoms with Crippen LogP contribution in [0.4, 0.5) is 0 Å². The molecular formula is C22H23N7OS. The Balaban J connectivity index is 1.37. The zero-order valence-electron chi connectivity index (χ0n) is 17.6. The van der Waals surface area contributed by atoms with Gasteiger partial charge in [-0.2, -0.15) is 5.10 Å². The molecule has 0 radical (unpaired) electrons. The summed E-state index contributed by atoms with van der Waals surface area (Å²) in [5.74, 6) is 0.979. The van der Waals surface area contributed by atoms with Gasteiger partial charge in [0.25, 0.3) is 0 Å². The van der Waals surface area contributed by atoms with Gasteiger partial charge in [0, 0.05) is 5.69 Å². The molecule has 1 atom stereocenters. The molecule has 9 heteroatoms. The van der Waals surface area contributed by atoms with Crippen molar-refractivity contribution in [2.24, 2.45) is 0 Å². The van der Waals surface area contributed by atoms with Crippen molar-refractivity contribution in [2.45, 2.75) is 32.0 Å². The molecule has 1 unspecified atom stereocenters. The average molecular weight is 434 g/mol. The van der Waals surface area contributed by atoms with E-state index in [0.29, 0.717) is 5.16 Å². The monoisotopic (exact) mass is 433 g/mol. The highest BCUT2D eigenvalue weighted by molar-refractivity contribution is 7.99. The molecule has 2 aromatic carbocycles. The second-order valence-corrected chi connectivity index (χ2v) is 8.15. The molecule has 0 saturated heterocycles. The van der Waals surface area contributed by atoms with Crippen LogP contribution in [-0.2, 0) is 4.79 Å². The summed E-state index contributed by atoms with van der Waals surface area (Å²) < 4.78 is 3.65. The van der Waals surface area contributed by atoms with Crippen LogP contribution in [-0.4, -0.2) is 41.2 Å². The fourth-order valence-corrected chi connectivity index (χ4v) is 3.99. The summed E-state index contributed by atoms with van der Waals surface area (Å²) >= 11 is 1.37. The predicted molar refractivity (Wildman–Crippen MR) is 119 cm³/mol. The van der Waals surface area contributed by atoms with Crippen molar-refractivity contribution >= 4 is 17.7 Å². The summed E-state index contributed by atoms with van der Waals surface area (Å²) in [5, 5.41) is 16.3. The summed E-state index contributed by atoms with van der Waals surface area (Å²) in [6.45, 7) is 5.92. The zero-order chi connectivity index (χ0) is 21.8. The third-order valence-corrected chi connectivity index (χ3v) is 5.80. The minimum Gasteiger partial charge on any atom is -0.349 e. The smallest absolute Gasteiger partial charge is 0.230 e. The first-order valence-electron chi connectivity index (χ1n) is 9.87. The zero-order valence-corrected chi connectivity index (χ0v) is 18.4. The summed E-state index contributed by atoms with van der Waals surface area (Å²) in [7, 11) is 0. The topological polar surface area (TPSA) is 90.5 Å². The fraction of sp³-hybridized carbons (Fsp3) is 0.227. The van der Waals surface area contributed by atoms with E-state index in [1.807, 2.05) is 73.9 Å². The molecule has 31 heavy (non-hydrogen) atoms. The molecule has 0 saturated carbocycles. The summed E-state index contributed by atoms with van der Waals surface area (Å²) in [5.41, 5.74) is 4.10. The minimum atomic E-state index is -0.116. The summed E-state index contributed by atoms with van der Waals surface area (Å²) in [6, 6.07) is 15.9. The molecule has 0 aliphatic heterocycles. The van der Waals surface area contributed by atoms with Crippen molar-refractivity contribution in [3.05, 3.63) is 78.1 Å². The molecule has 4 rings (SSSR count). The van der Waals surface area contributed by atoms with Crippen LogP contribution in [0.25, 0.3) is 11.4 Å². The molecule has 0 aliphatic rings. The highest BCUT2D eigenvalue weighted by Crippen LogP contribution is 2.22. The van der Waals surface area contributed by atoms with Crippen molar-refractivity contribution in [1.82, 2.24) is 34.8 Å². The van der Waals surface area contributed by atoms with E-state index in [4.69, 9.17) is 0 Å². The number of aryl methyl sites for hydroxylation is 2. The Labute approximate surface area is 184 Å². The van der Waals surface area contributed by atoms with Crippen molar-refractivity contribution in [3.8, 4) is 11.4 Å². The number of hydrogen-bond donors (Lipinski definition) is 1. The number of benzene rings is 2. The van der Waals surface area contributed by atoms with Crippen LogP contribution in [0.15, 0.2) is 66.3 Å². The van der Waals surface area contributed by atoms with E-state index in [9.17, 15) is 4.79 Å². The van der Waals surface area contributed by atoms with E-state index in [1.54, 1.807) is 11.0 Å². The van der Waals surface area contributed by atoms with Crippen molar-refractivity contribution in [3.63, 3.8) is 0 Å². The highest BCUT2D eigenvalue weighted by atomic mass is 32.2. The van der Waals surface area contributed by atoms with Gasteiger partial charge in [-0.15, -0.1) is 10.2 Å². The van der Waals surface area contributed by atoms with Gasteiger partial charge in [-0.1, -0.05) is 41.6 Å². The SMILES string of the molecule is Cc1ccc(-n2c(C)nnc2SCC(=O)NC(C)c2ccc(-n3cncn3)cc2)cc1. The Morgan fingerprint density at radius 3 is 2.42 bits per heavy atom. The Kier molecular flexibility index (Phi) is 6.13. The minimum absolute atomic E-state index is 0.0611. The lowest BCUT2D eigenvalue weighted by molar-refractivity contribution is -0.119. The maximum atomic E-state index is 12.5.